The number of hydrogen-bond acceptors (Lipinski definition) is 3. The molecule has 3 nitrogen and oxygen atoms in total. The molecule has 2 aromatic rings. The van der Waals surface area contributed by atoms with E-state index in [2.05, 4.69) is 16.9 Å². The molecule has 0 atom stereocenters. The zero-order valence-electron chi connectivity index (χ0n) is 14.0. The van der Waals surface area contributed by atoms with Crippen LogP contribution in [0.15, 0.2) is 30.6 Å². The minimum atomic E-state index is -0.398. The van der Waals surface area contributed by atoms with E-state index in [0.29, 0.717) is 11.4 Å². The molecule has 0 fully saturated rings. The van der Waals surface area contributed by atoms with Gasteiger partial charge in [0.1, 0.15) is 0 Å². The lowest BCUT2D eigenvalue weighted by Crippen LogP contribution is -1.95. The molecule has 0 bridgehead atoms. The molecule has 0 spiro atoms. The van der Waals surface area contributed by atoms with Gasteiger partial charge in [-0.3, -0.25) is 0 Å². The monoisotopic (exact) mass is 316 g/mol. The van der Waals surface area contributed by atoms with Crippen LogP contribution in [-0.2, 0) is 6.42 Å². The van der Waals surface area contributed by atoms with Crippen LogP contribution < -0.4 is 4.74 Å². The lowest BCUT2D eigenvalue weighted by Gasteiger charge is -2.05. The quantitative estimate of drug-likeness (QED) is 0.597. The van der Waals surface area contributed by atoms with E-state index in [1.165, 1.54) is 51.7 Å². The number of halogens is 1. The zero-order chi connectivity index (χ0) is 16.5. The minimum absolute atomic E-state index is 0.230. The number of nitrogens with zero attached hydrogens (tertiary/aromatic N) is 2. The number of aryl methyl sites for hydroxylation is 1. The fraction of sp³-hybridized carbons (Fsp3) is 0.474. The topological polar surface area (TPSA) is 35.0 Å². The highest BCUT2D eigenvalue weighted by Gasteiger charge is 2.07. The Morgan fingerprint density at radius 1 is 1.00 bits per heavy atom. The molecular formula is C19H25FN2O. The first-order chi connectivity index (χ1) is 11.2. The second-order valence-electron chi connectivity index (χ2n) is 5.78. The molecule has 0 saturated carbocycles. The van der Waals surface area contributed by atoms with E-state index in [1.807, 2.05) is 12.4 Å². The summed E-state index contributed by atoms with van der Waals surface area (Å²) in [6.45, 7) is 2.23. The highest BCUT2D eigenvalue weighted by atomic mass is 19.1. The number of methoxy groups -OCH3 is 1. The molecule has 2 rings (SSSR count). The summed E-state index contributed by atoms with van der Waals surface area (Å²) >= 11 is 0. The molecule has 0 aliphatic heterocycles. The van der Waals surface area contributed by atoms with E-state index in [9.17, 15) is 4.39 Å². The molecule has 0 aliphatic carbocycles. The van der Waals surface area contributed by atoms with Crippen molar-refractivity contribution >= 4 is 0 Å². The SMILES string of the molecule is CCCCCCCCc1cnc(-c2ccc(OC)c(F)c2)nc1. The van der Waals surface area contributed by atoms with Gasteiger partial charge in [-0.15, -0.1) is 0 Å². The average Bonchev–Trinajstić information content (AvgIpc) is 2.58. The summed E-state index contributed by atoms with van der Waals surface area (Å²) in [7, 11) is 1.45. The maximum atomic E-state index is 13.7. The Balaban J connectivity index is 1.88. The van der Waals surface area contributed by atoms with Crippen LogP contribution in [-0.4, -0.2) is 17.1 Å². The van der Waals surface area contributed by atoms with Crippen molar-refractivity contribution in [2.75, 3.05) is 7.11 Å². The van der Waals surface area contributed by atoms with Crippen molar-refractivity contribution in [3.8, 4) is 17.1 Å². The zero-order valence-corrected chi connectivity index (χ0v) is 14.0. The average molecular weight is 316 g/mol. The standard InChI is InChI=1S/C19H25FN2O/c1-3-4-5-6-7-8-9-15-13-21-19(22-14-15)16-10-11-18(23-2)17(20)12-16/h10-14H,3-9H2,1-2H3. The Hall–Kier alpha value is -1.97. The van der Waals surface area contributed by atoms with Crippen LogP contribution >= 0.6 is 0 Å². The van der Waals surface area contributed by atoms with E-state index in [1.54, 1.807) is 12.1 Å². The number of ether oxygens (including phenoxy) is 1. The highest BCUT2D eigenvalue weighted by Crippen LogP contribution is 2.23. The molecular weight excluding hydrogens is 291 g/mol. The molecule has 1 heterocycles. The van der Waals surface area contributed by atoms with Crippen molar-refractivity contribution in [2.45, 2.75) is 51.9 Å². The molecule has 0 N–H and O–H groups in total. The van der Waals surface area contributed by atoms with E-state index in [0.717, 1.165) is 12.0 Å². The summed E-state index contributed by atoms with van der Waals surface area (Å²) in [5, 5.41) is 0. The molecule has 4 heteroatoms. The van der Waals surface area contributed by atoms with Crippen molar-refractivity contribution in [1.82, 2.24) is 9.97 Å². The molecule has 0 radical (unpaired) electrons. The number of hydrogen-bond donors (Lipinski definition) is 0. The summed E-state index contributed by atoms with van der Waals surface area (Å²) in [4.78, 5) is 8.71. The van der Waals surface area contributed by atoms with Crippen LogP contribution in [0, 0.1) is 5.82 Å². The fourth-order valence-corrected chi connectivity index (χ4v) is 2.55. The molecule has 1 aromatic heterocycles. The Kier molecular flexibility index (Phi) is 6.98. The van der Waals surface area contributed by atoms with Crippen molar-refractivity contribution in [2.24, 2.45) is 0 Å². The summed E-state index contributed by atoms with van der Waals surface area (Å²) < 4.78 is 18.6. The summed E-state index contributed by atoms with van der Waals surface area (Å²) in [5.74, 6) is 0.372. The number of benzene rings is 1. The van der Waals surface area contributed by atoms with Gasteiger partial charge in [-0.25, -0.2) is 14.4 Å². The lowest BCUT2D eigenvalue weighted by molar-refractivity contribution is 0.386. The molecule has 23 heavy (non-hydrogen) atoms. The summed E-state index contributed by atoms with van der Waals surface area (Å²) in [5.41, 5.74) is 1.80. The third-order valence-electron chi connectivity index (χ3n) is 3.93. The van der Waals surface area contributed by atoms with Crippen molar-refractivity contribution in [1.29, 1.82) is 0 Å². The third kappa shape index (κ3) is 5.31. The first kappa shape index (κ1) is 17.4. The Labute approximate surface area is 137 Å². The van der Waals surface area contributed by atoms with Gasteiger partial charge in [0.05, 0.1) is 7.11 Å². The van der Waals surface area contributed by atoms with Crippen LogP contribution in [0.2, 0.25) is 0 Å². The van der Waals surface area contributed by atoms with Crippen LogP contribution in [0.3, 0.4) is 0 Å². The summed E-state index contributed by atoms with van der Waals surface area (Å²) in [6, 6.07) is 4.77. The van der Waals surface area contributed by atoms with E-state index in [-0.39, 0.29) is 5.75 Å². The Bertz CT molecular complexity index is 599. The van der Waals surface area contributed by atoms with Gasteiger partial charge in [-0.1, -0.05) is 39.0 Å². The predicted molar refractivity (Wildman–Crippen MR) is 91.1 cm³/mol. The third-order valence-corrected chi connectivity index (χ3v) is 3.93. The first-order valence-corrected chi connectivity index (χ1v) is 8.39. The van der Waals surface area contributed by atoms with Crippen LogP contribution in [0.1, 0.15) is 51.0 Å². The van der Waals surface area contributed by atoms with E-state index >= 15 is 0 Å². The number of aromatic nitrogens is 2. The molecule has 1 aromatic carbocycles. The predicted octanol–water partition coefficient (Wildman–Crippen LogP) is 5.19. The first-order valence-electron chi connectivity index (χ1n) is 8.39. The van der Waals surface area contributed by atoms with Gasteiger partial charge in [0, 0.05) is 18.0 Å². The van der Waals surface area contributed by atoms with E-state index < -0.39 is 5.82 Å². The molecule has 0 unspecified atom stereocenters. The minimum Gasteiger partial charge on any atom is -0.494 e. The largest absolute Gasteiger partial charge is 0.494 e. The van der Waals surface area contributed by atoms with Gasteiger partial charge in [0.15, 0.2) is 17.4 Å². The Morgan fingerprint density at radius 2 is 1.70 bits per heavy atom. The summed E-state index contributed by atoms with van der Waals surface area (Å²) in [6.07, 6.45) is 12.4. The van der Waals surface area contributed by atoms with Crippen LogP contribution in [0.4, 0.5) is 4.39 Å². The normalized spacial score (nSPS) is 10.7. The molecule has 0 aliphatic rings. The maximum absolute atomic E-state index is 13.7. The molecule has 124 valence electrons. The van der Waals surface area contributed by atoms with Crippen molar-refractivity contribution in [3.63, 3.8) is 0 Å². The fourth-order valence-electron chi connectivity index (χ4n) is 2.55. The van der Waals surface area contributed by atoms with Crippen molar-refractivity contribution in [3.05, 3.63) is 42.0 Å². The number of unbranched alkanes of at least 4 members (excludes halogenated alkanes) is 5. The maximum Gasteiger partial charge on any atom is 0.165 e. The van der Waals surface area contributed by atoms with Crippen molar-refractivity contribution < 1.29 is 9.13 Å². The van der Waals surface area contributed by atoms with Gasteiger partial charge >= 0.3 is 0 Å². The van der Waals surface area contributed by atoms with Gasteiger partial charge in [0.25, 0.3) is 0 Å². The van der Waals surface area contributed by atoms with Gasteiger partial charge in [0.2, 0.25) is 0 Å². The molecule has 0 saturated heterocycles. The highest BCUT2D eigenvalue weighted by molar-refractivity contribution is 5.56. The Morgan fingerprint density at radius 3 is 2.35 bits per heavy atom. The van der Waals surface area contributed by atoms with Crippen LogP contribution in [0.25, 0.3) is 11.4 Å². The smallest absolute Gasteiger partial charge is 0.165 e. The lowest BCUT2D eigenvalue weighted by atomic mass is 10.1. The van der Waals surface area contributed by atoms with Gasteiger partial charge < -0.3 is 4.74 Å². The van der Waals surface area contributed by atoms with Gasteiger partial charge in [-0.05, 0) is 36.6 Å². The van der Waals surface area contributed by atoms with Gasteiger partial charge in [-0.2, -0.15) is 0 Å². The number of rotatable bonds is 9. The van der Waals surface area contributed by atoms with E-state index in [4.69, 9.17) is 4.74 Å². The van der Waals surface area contributed by atoms with Crippen LogP contribution in [0.5, 0.6) is 5.75 Å². The molecule has 0 amide bonds. The second kappa shape index (κ2) is 9.23. The second-order valence-corrected chi connectivity index (χ2v) is 5.78.